The molecule has 0 aromatic carbocycles. The summed E-state index contributed by atoms with van der Waals surface area (Å²) in [4.78, 5) is 7.77. The van der Waals surface area contributed by atoms with Gasteiger partial charge in [0, 0.05) is 0 Å². The van der Waals surface area contributed by atoms with Gasteiger partial charge in [-0.3, -0.25) is 0 Å². The van der Waals surface area contributed by atoms with E-state index in [0.717, 1.165) is 0 Å². The van der Waals surface area contributed by atoms with Gasteiger partial charge in [0.1, 0.15) is 7.67 Å². The first kappa shape index (κ1) is 6.64. The summed E-state index contributed by atoms with van der Waals surface area (Å²) in [5.74, 6) is 1.09. The number of rotatable bonds is 2. The zero-order valence-electron chi connectivity index (χ0n) is 8.18. The van der Waals surface area contributed by atoms with Crippen molar-refractivity contribution >= 4 is 5.78 Å². The lowest BCUT2D eigenvalue weighted by Gasteiger charge is -2.03. The molecule has 13 heavy (non-hydrogen) atoms. The number of aromatic nitrogens is 4. The molecule has 0 saturated heterocycles. The molecule has 2 heterocycles. The first-order valence-electron chi connectivity index (χ1n) is 4.07. The molecule has 0 atom stereocenters. The average Bonchev–Trinajstić information content (AvgIpc) is 2.56. The van der Waals surface area contributed by atoms with Crippen LogP contribution in [0.15, 0.2) is 12.4 Å². The Morgan fingerprint density at radius 2 is 2.31 bits per heavy atom. The number of hydrogen-bond donors (Lipinski definition) is 0. The van der Waals surface area contributed by atoms with Gasteiger partial charge in [0.25, 0.3) is 5.78 Å². The van der Waals surface area contributed by atoms with Crippen LogP contribution in [-0.2, 0) is 0 Å². The number of methoxy groups -OCH3 is 2. The van der Waals surface area contributed by atoms with Gasteiger partial charge in [0.05, 0.1) is 20.3 Å². The molecule has 0 aliphatic rings. The largest absolute Gasteiger partial charge is 0.481 e. The van der Waals surface area contributed by atoms with Crippen LogP contribution in [0.2, 0.25) is 0 Å². The normalized spacial score (nSPS) is 11.4. The lowest BCUT2D eigenvalue weighted by Crippen LogP contribution is -1.99. The van der Waals surface area contributed by atoms with Crippen LogP contribution in [0.3, 0.4) is 0 Å². The zero-order valence-corrected chi connectivity index (χ0v) is 7.18. The highest BCUT2D eigenvalue weighted by molar-refractivity contribution is 5.35. The molecular weight excluding hydrogens is 172 g/mol. The van der Waals surface area contributed by atoms with Crippen LogP contribution in [0, 0.1) is 0 Å². The molecule has 6 nitrogen and oxygen atoms in total. The summed E-state index contributed by atoms with van der Waals surface area (Å²) >= 11 is 0. The Kier molecular flexibility index (Phi) is 1.48. The van der Waals surface area contributed by atoms with Crippen molar-refractivity contribution in [3.63, 3.8) is 0 Å². The molecule has 6 heteroatoms. The van der Waals surface area contributed by atoms with Crippen molar-refractivity contribution in [1.29, 1.82) is 0 Å². The van der Waals surface area contributed by atoms with Crippen molar-refractivity contribution in [2.75, 3.05) is 14.2 Å². The highest BCUT2D eigenvalue weighted by Crippen LogP contribution is 2.16. The second kappa shape index (κ2) is 2.89. The molecule has 0 radical (unpaired) electrons. The van der Waals surface area contributed by atoms with E-state index in [-0.39, 0.29) is 12.1 Å². The van der Waals surface area contributed by atoms with Crippen LogP contribution in [0.5, 0.6) is 11.8 Å². The van der Waals surface area contributed by atoms with E-state index in [4.69, 9.17) is 10.8 Å². The van der Waals surface area contributed by atoms with Crippen molar-refractivity contribution in [1.82, 2.24) is 19.6 Å². The van der Waals surface area contributed by atoms with Gasteiger partial charge in [-0.1, -0.05) is 0 Å². The maximum Gasteiger partial charge on any atom is 0.258 e. The van der Waals surface area contributed by atoms with E-state index in [0.29, 0.717) is 11.8 Å². The van der Waals surface area contributed by atoms with Gasteiger partial charge in [-0.15, -0.1) is 0 Å². The Morgan fingerprint density at radius 3 is 3.00 bits per heavy atom. The summed E-state index contributed by atoms with van der Waals surface area (Å²) in [6.07, 6.45) is -0.107. The molecule has 0 bridgehead atoms. The van der Waals surface area contributed by atoms with E-state index < -0.39 is 0 Å². The molecule has 68 valence electrons. The maximum absolute atomic E-state index is 7.24. The molecule has 0 fully saturated rings. The van der Waals surface area contributed by atoms with Crippen molar-refractivity contribution < 1.29 is 10.8 Å². The van der Waals surface area contributed by atoms with E-state index in [1.807, 2.05) is 0 Å². The minimum absolute atomic E-state index is 0.107. The fourth-order valence-electron chi connectivity index (χ4n) is 0.972. The fourth-order valence-corrected chi connectivity index (χ4v) is 0.972. The quantitative estimate of drug-likeness (QED) is 0.661. The van der Waals surface area contributed by atoms with Gasteiger partial charge in [0.15, 0.2) is 0 Å². The van der Waals surface area contributed by atoms with Gasteiger partial charge >= 0.3 is 0 Å². The smallest absolute Gasteiger partial charge is 0.258 e. The Bertz CT molecular complexity index is 470. The monoisotopic (exact) mass is 182 g/mol. The summed E-state index contributed by atoms with van der Waals surface area (Å²) in [6, 6.07) is 1.57. The maximum atomic E-state index is 7.24. The van der Waals surface area contributed by atoms with Crippen LogP contribution < -0.4 is 9.47 Å². The SMILES string of the molecule is [3H]c1nc2nc(OC)cc(OC)n2n1. The Balaban J connectivity index is 2.72. The van der Waals surface area contributed by atoms with Crippen LogP contribution >= 0.6 is 0 Å². The van der Waals surface area contributed by atoms with Crippen LogP contribution in [0.4, 0.5) is 0 Å². The minimum Gasteiger partial charge on any atom is -0.481 e. The average molecular weight is 182 g/mol. The van der Waals surface area contributed by atoms with Gasteiger partial charge in [0.2, 0.25) is 11.8 Å². The molecule has 0 saturated carbocycles. The van der Waals surface area contributed by atoms with Crippen molar-refractivity contribution in [2.45, 2.75) is 0 Å². The molecule has 0 N–H and O–H groups in total. The highest BCUT2D eigenvalue weighted by Gasteiger charge is 2.06. The molecule has 0 spiro atoms. The molecule has 0 aliphatic heterocycles. The Hall–Kier alpha value is -1.85. The third kappa shape index (κ3) is 1.16. The molecule has 0 aliphatic carbocycles. The lowest BCUT2D eigenvalue weighted by atomic mass is 10.6. The number of nitrogens with zero attached hydrogens (tertiary/aromatic N) is 4. The summed E-state index contributed by atoms with van der Waals surface area (Å²) in [5, 5.41) is 3.79. The van der Waals surface area contributed by atoms with Gasteiger partial charge in [-0.05, 0) is 0 Å². The summed E-state index contributed by atoms with van der Waals surface area (Å²) in [6.45, 7) is 0. The third-order valence-electron chi connectivity index (χ3n) is 1.57. The third-order valence-corrected chi connectivity index (χ3v) is 1.57. The number of fused-ring (bicyclic) bond motifs is 1. The second-order valence-corrected chi connectivity index (χ2v) is 2.26. The van der Waals surface area contributed by atoms with E-state index in [1.165, 1.54) is 18.7 Å². The molecule has 0 amide bonds. The topological polar surface area (TPSA) is 61.5 Å². The highest BCUT2D eigenvalue weighted by atomic mass is 16.5. The predicted octanol–water partition coefficient (Wildman–Crippen LogP) is 0.141. The second-order valence-electron chi connectivity index (χ2n) is 2.26. The van der Waals surface area contributed by atoms with Gasteiger partial charge in [-0.2, -0.15) is 19.6 Å². The van der Waals surface area contributed by atoms with Crippen LogP contribution in [0.25, 0.3) is 5.78 Å². The van der Waals surface area contributed by atoms with Crippen LogP contribution in [0.1, 0.15) is 1.37 Å². The standard InChI is InChI=1S/C7H8N4O2/c1-12-5-3-6(13-2)11-7(10-5)8-4-9-11/h3-4H,1-2H3/i4T. The predicted molar refractivity (Wildman–Crippen MR) is 43.9 cm³/mol. The summed E-state index contributed by atoms with van der Waals surface area (Å²) in [5.41, 5.74) is 0. The van der Waals surface area contributed by atoms with E-state index in [1.54, 1.807) is 6.07 Å². The fraction of sp³-hybridized carbons (Fsp3) is 0.286. The lowest BCUT2D eigenvalue weighted by molar-refractivity contribution is 0.365. The summed E-state index contributed by atoms with van der Waals surface area (Å²) in [7, 11) is 3.00. The van der Waals surface area contributed by atoms with Gasteiger partial charge < -0.3 is 9.47 Å². The first-order chi connectivity index (χ1) is 6.74. The minimum atomic E-state index is -0.107. The molecular formula is C7H8N4O2. The molecule has 2 rings (SSSR count). The van der Waals surface area contributed by atoms with Crippen molar-refractivity contribution in [2.24, 2.45) is 0 Å². The van der Waals surface area contributed by atoms with Crippen molar-refractivity contribution in [3.05, 3.63) is 12.4 Å². The molecule has 0 unspecified atom stereocenters. The van der Waals surface area contributed by atoms with Crippen LogP contribution in [-0.4, -0.2) is 33.8 Å². The summed E-state index contributed by atoms with van der Waals surface area (Å²) < 4.78 is 18.6. The van der Waals surface area contributed by atoms with E-state index in [9.17, 15) is 0 Å². The number of hydrogen-bond acceptors (Lipinski definition) is 5. The zero-order chi connectivity index (χ0) is 10.1. The van der Waals surface area contributed by atoms with E-state index in [2.05, 4.69) is 15.1 Å². The molecule has 2 aromatic heterocycles. The first-order valence-corrected chi connectivity index (χ1v) is 3.57. The molecule has 2 aromatic rings. The number of ether oxygens (including phenoxy) is 2. The van der Waals surface area contributed by atoms with E-state index >= 15 is 0 Å². The Labute approximate surface area is 75.5 Å². The van der Waals surface area contributed by atoms with Crippen molar-refractivity contribution in [3.8, 4) is 11.8 Å². The Morgan fingerprint density at radius 1 is 1.46 bits per heavy atom. The van der Waals surface area contributed by atoms with Gasteiger partial charge in [-0.25, -0.2) is 0 Å².